The summed E-state index contributed by atoms with van der Waals surface area (Å²) in [6, 6.07) is 11.6. The highest BCUT2D eigenvalue weighted by atomic mass is 35.5. The molecular weight excluding hydrogens is 361 g/mol. The molecule has 0 saturated carbocycles. The summed E-state index contributed by atoms with van der Waals surface area (Å²) in [7, 11) is -3.64. The van der Waals surface area contributed by atoms with Gasteiger partial charge in [0.05, 0.1) is 20.6 Å². The van der Waals surface area contributed by atoms with Crippen LogP contribution in [-0.4, -0.2) is 21.2 Å². The van der Waals surface area contributed by atoms with Crippen molar-refractivity contribution in [3.8, 4) is 0 Å². The van der Waals surface area contributed by atoms with Crippen molar-refractivity contribution in [2.24, 2.45) is 0 Å². The fourth-order valence-corrected chi connectivity index (χ4v) is 4.17. The minimum absolute atomic E-state index is 0.248. The van der Waals surface area contributed by atoms with Gasteiger partial charge in [-0.2, -0.15) is 0 Å². The quantitative estimate of drug-likeness (QED) is 0.695. The van der Waals surface area contributed by atoms with E-state index in [-0.39, 0.29) is 4.90 Å². The summed E-state index contributed by atoms with van der Waals surface area (Å²) in [5.41, 5.74) is 0.492. The van der Waals surface area contributed by atoms with E-state index in [1.807, 2.05) is 6.26 Å². The van der Waals surface area contributed by atoms with E-state index >= 15 is 0 Å². The van der Waals surface area contributed by atoms with Gasteiger partial charge in [0.25, 0.3) is 10.0 Å². The lowest BCUT2D eigenvalue weighted by Crippen LogP contribution is -2.30. The normalized spacial score (nSPS) is 11.5. The van der Waals surface area contributed by atoms with Gasteiger partial charge in [0.15, 0.2) is 0 Å². The zero-order valence-electron chi connectivity index (χ0n) is 12.1. The van der Waals surface area contributed by atoms with Gasteiger partial charge in [-0.15, -0.1) is 11.8 Å². The fraction of sp³-hybridized carbons (Fsp3) is 0.200. The molecule has 7 heteroatoms. The number of hydrogen-bond acceptors (Lipinski definition) is 3. The van der Waals surface area contributed by atoms with Gasteiger partial charge in [0, 0.05) is 11.4 Å². The van der Waals surface area contributed by atoms with Crippen LogP contribution in [0.25, 0.3) is 0 Å². The van der Waals surface area contributed by atoms with Gasteiger partial charge in [-0.1, -0.05) is 23.2 Å². The van der Waals surface area contributed by atoms with Crippen LogP contribution in [0.15, 0.2) is 52.3 Å². The second kappa shape index (κ2) is 7.13. The molecule has 3 nitrogen and oxygen atoms in total. The van der Waals surface area contributed by atoms with E-state index < -0.39 is 10.0 Å². The zero-order valence-corrected chi connectivity index (χ0v) is 15.2. The van der Waals surface area contributed by atoms with Gasteiger partial charge in [-0.05, 0) is 55.6 Å². The van der Waals surface area contributed by atoms with Crippen molar-refractivity contribution in [1.29, 1.82) is 0 Å². The summed E-state index contributed by atoms with van der Waals surface area (Å²) in [6.07, 6.45) is 1.94. The van der Waals surface area contributed by atoms with Crippen LogP contribution in [0, 0.1) is 0 Å². The number of hydrogen-bond donors (Lipinski definition) is 0. The summed E-state index contributed by atoms with van der Waals surface area (Å²) in [5.74, 6) is 0. The third-order valence-electron chi connectivity index (χ3n) is 3.13. The van der Waals surface area contributed by atoms with E-state index in [0.29, 0.717) is 22.3 Å². The summed E-state index contributed by atoms with van der Waals surface area (Å²) < 4.78 is 26.9. The van der Waals surface area contributed by atoms with Gasteiger partial charge < -0.3 is 0 Å². The maximum atomic E-state index is 12.8. The number of halogens is 2. The number of benzene rings is 2. The van der Waals surface area contributed by atoms with Crippen LogP contribution in [0.1, 0.15) is 6.92 Å². The Morgan fingerprint density at radius 1 is 1.05 bits per heavy atom. The molecule has 0 aliphatic carbocycles. The molecule has 0 aromatic heterocycles. The highest BCUT2D eigenvalue weighted by Crippen LogP contribution is 2.30. The average molecular weight is 376 g/mol. The van der Waals surface area contributed by atoms with Gasteiger partial charge in [-0.25, -0.2) is 8.42 Å². The number of nitrogens with zero attached hydrogens (tertiary/aromatic N) is 1. The predicted molar refractivity (Wildman–Crippen MR) is 94.9 cm³/mol. The Morgan fingerprint density at radius 3 is 2.18 bits per heavy atom. The Hall–Kier alpha value is -0.880. The molecule has 0 amide bonds. The smallest absolute Gasteiger partial charge is 0.264 e. The van der Waals surface area contributed by atoms with E-state index in [9.17, 15) is 8.42 Å². The summed E-state index contributed by atoms with van der Waals surface area (Å²) >= 11 is 13.4. The van der Waals surface area contributed by atoms with Crippen molar-refractivity contribution in [2.75, 3.05) is 17.1 Å². The zero-order chi connectivity index (χ0) is 16.3. The molecule has 0 fully saturated rings. The molecule has 118 valence electrons. The van der Waals surface area contributed by atoms with Crippen LogP contribution in [0.4, 0.5) is 5.69 Å². The lowest BCUT2D eigenvalue weighted by Gasteiger charge is -2.23. The molecule has 0 radical (unpaired) electrons. The second-order valence-electron chi connectivity index (χ2n) is 4.44. The molecule has 0 atom stereocenters. The number of sulfonamides is 1. The van der Waals surface area contributed by atoms with Crippen LogP contribution >= 0.6 is 35.0 Å². The van der Waals surface area contributed by atoms with E-state index in [0.717, 1.165) is 4.90 Å². The van der Waals surface area contributed by atoms with Crippen LogP contribution in [-0.2, 0) is 10.0 Å². The van der Waals surface area contributed by atoms with Crippen molar-refractivity contribution >= 4 is 50.7 Å². The monoisotopic (exact) mass is 375 g/mol. The van der Waals surface area contributed by atoms with Gasteiger partial charge in [0.1, 0.15) is 0 Å². The largest absolute Gasteiger partial charge is 0.267 e. The topological polar surface area (TPSA) is 37.4 Å². The van der Waals surface area contributed by atoms with E-state index in [1.54, 1.807) is 61.2 Å². The number of thioether (sulfide) groups is 1. The maximum Gasteiger partial charge on any atom is 0.264 e. The first-order valence-corrected chi connectivity index (χ1v) is 9.94. The molecule has 2 rings (SSSR count). The highest BCUT2D eigenvalue weighted by Gasteiger charge is 2.24. The van der Waals surface area contributed by atoms with Gasteiger partial charge in [0.2, 0.25) is 0 Å². The molecule has 2 aromatic rings. The Kier molecular flexibility index (Phi) is 5.66. The Bertz CT molecular complexity index is 762. The molecule has 0 heterocycles. The molecule has 0 spiro atoms. The van der Waals surface area contributed by atoms with Crippen LogP contribution < -0.4 is 4.31 Å². The van der Waals surface area contributed by atoms with Gasteiger partial charge >= 0.3 is 0 Å². The minimum atomic E-state index is -3.64. The van der Waals surface area contributed by atoms with E-state index in [2.05, 4.69) is 0 Å². The first-order valence-electron chi connectivity index (χ1n) is 6.52. The SMILES string of the molecule is CCN(c1ccc(Cl)c(Cl)c1)S(=O)(=O)c1ccc(SC)cc1. The number of rotatable bonds is 5. The van der Waals surface area contributed by atoms with E-state index in [4.69, 9.17) is 23.2 Å². The first-order chi connectivity index (χ1) is 10.4. The minimum Gasteiger partial charge on any atom is -0.267 e. The molecule has 22 heavy (non-hydrogen) atoms. The lowest BCUT2D eigenvalue weighted by molar-refractivity contribution is 0.592. The van der Waals surface area contributed by atoms with Crippen molar-refractivity contribution in [1.82, 2.24) is 0 Å². The Labute approximate surface area is 145 Å². The summed E-state index contributed by atoms with van der Waals surface area (Å²) in [5, 5.41) is 0.716. The first kappa shape index (κ1) is 17.5. The van der Waals surface area contributed by atoms with Crippen LogP contribution in [0.2, 0.25) is 10.0 Å². The molecule has 0 N–H and O–H groups in total. The average Bonchev–Trinajstić information content (AvgIpc) is 2.51. The standard InChI is InChI=1S/C15H15Cl2NO2S2/c1-3-18(11-4-9-14(16)15(17)10-11)22(19,20)13-7-5-12(21-2)6-8-13/h4-10H,3H2,1-2H3. The molecular formula is C15H15Cl2NO2S2. The van der Waals surface area contributed by atoms with Crippen LogP contribution in [0.5, 0.6) is 0 Å². The highest BCUT2D eigenvalue weighted by molar-refractivity contribution is 7.98. The summed E-state index contributed by atoms with van der Waals surface area (Å²) in [4.78, 5) is 1.26. The molecule has 0 bridgehead atoms. The molecule has 0 unspecified atom stereocenters. The summed E-state index contributed by atoms with van der Waals surface area (Å²) in [6.45, 7) is 2.07. The predicted octanol–water partition coefficient (Wildman–Crippen LogP) is 4.93. The Balaban J connectivity index is 2.45. The Morgan fingerprint density at radius 2 is 1.68 bits per heavy atom. The van der Waals surface area contributed by atoms with Crippen molar-refractivity contribution in [3.63, 3.8) is 0 Å². The van der Waals surface area contributed by atoms with Crippen molar-refractivity contribution in [3.05, 3.63) is 52.5 Å². The molecule has 0 aliphatic heterocycles. The van der Waals surface area contributed by atoms with Crippen molar-refractivity contribution in [2.45, 2.75) is 16.7 Å². The molecule has 2 aromatic carbocycles. The third kappa shape index (κ3) is 3.54. The third-order valence-corrected chi connectivity index (χ3v) is 6.53. The van der Waals surface area contributed by atoms with E-state index in [1.165, 1.54) is 4.31 Å². The fourth-order valence-electron chi connectivity index (χ4n) is 2.01. The van der Waals surface area contributed by atoms with Crippen LogP contribution in [0.3, 0.4) is 0 Å². The lowest BCUT2D eigenvalue weighted by atomic mass is 10.3. The number of anilines is 1. The maximum absolute atomic E-state index is 12.8. The second-order valence-corrected chi connectivity index (χ2v) is 8.00. The molecule has 0 aliphatic rings. The molecule has 0 saturated heterocycles. The van der Waals surface area contributed by atoms with Gasteiger partial charge in [-0.3, -0.25) is 4.31 Å². The van der Waals surface area contributed by atoms with Crippen molar-refractivity contribution < 1.29 is 8.42 Å².